The van der Waals surface area contributed by atoms with Crippen LogP contribution in [0.5, 0.6) is 0 Å². The fourth-order valence-electron chi connectivity index (χ4n) is 2.14. The molecule has 2 N–H and O–H groups in total. The fraction of sp³-hybridized carbons (Fsp3) is 0.600. The van der Waals surface area contributed by atoms with Gasteiger partial charge < -0.3 is 10.2 Å². The minimum atomic E-state index is 0.613. The van der Waals surface area contributed by atoms with Crippen molar-refractivity contribution in [1.82, 2.24) is 30.1 Å². The Hall–Kier alpha value is -1.54. The van der Waals surface area contributed by atoms with Crippen molar-refractivity contribution in [3.05, 3.63) is 5.38 Å². The first-order valence-corrected chi connectivity index (χ1v) is 6.82. The van der Waals surface area contributed by atoms with Crippen molar-refractivity contribution in [2.75, 3.05) is 25.0 Å². The smallest absolute Gasteiger partial charge is 0.245 e. The summed E-state index contributed by atoms with van der Waals surface area (Å²) in [4.78, 5) is 6.67. The maximum atomic E-state index is 4.47. The third kappa shape index (κ3) is 2.21. The standard InChI is InChI=1S/C10H15N7S/c1-11-7-2-4-17(5-3-7)10-12-9(14-15-10)8-6-18-16-13-8/h6-7,11H,2-5H2,1H3,(H,12,14,15). The Morgan fingerprint density at radius 3 is 2.94 bits per heavy atom. The SMILES string of the molecule is CNC1CCN(c2n[nH]c(-c3csnn3)n2)CC1. The first-order chi connectivity index (χ1) is 8.86. The molecule has 0 aliphatic carbocycles. The summed E-state index contributed by atoms with van der Waals surface area (Å²) in [6.07, 6.45) is 2.25. The molecule has 0 spiro atoms. The molecule has 0 atom stereocenters. The molecule has 0 bridgehead atoms. The maximum absolute atomic E-state index is 4.47. The maximum Gasteiger partial charge on any atom is 0.245 e. The third-order valence-electron chi connectivity index (χ3n) is 3.26. The lowest BCUT2D eigenvalue weighted by molar-refractivity contribution is 0.439. The van der Waals surface area contributed by atoms with E-state index in [1.54, 1.807) is 0 Å². The zero-order valence-corrected chi connectivity index (χ0v) is 10.9. The quantitative estimate of drug-likeness (QED) is 0.841. The van der Waals surface area contributed by atoms with E-state index >= 15 is 0 Å². The van der Waals surface area contributed by atoms with Crippen molar-refractivity contribution in [3.8, 4) is 11.5 Å². The molecular formula is C10H15N7S. The number of anilines is 1. The van der Waals surface area contributed by atoms with E-state index in [0.29, 0.717) is 11.9 Å². The first-order valence-electron chi connectivity index (χ1n) is 5.99. The van der Waals surface area contributed by atoms with Gasteiger partial charge in [0.2, 0.25) is 5.95 Å². The zero-order chi connectivity index (χ0) is 12.4. The van der Waals surface area contributed by atoms with Gasteiger partial charge in [-0.2, -0.15) is 4.98 Å². The topological polar surface area (TPSA) is 82.6 Å². The molecule has 1 saturated heterocycles. The molecule has 2 aromatic rings. The van der Waals surface area contributed by atoms with Gasteiger partial charge in [0.25, 0.3) is 0 Å². The van der Waals surface area contributed by atoms with E-state index in [9.17, 15) is 0 Å². The largest absolute Gasteiger partial charge is 0.339 e. The molecule has 1 aliphatic rings. The van der Waals surface area contributed by atoms with E-state index in [0.717, 1.165) is 37.6 Å². The van der Waals surface area contributed by atoms with Crippen molar-refractivity contribution in [3.63, 3.8) is 0 Å². The molecule has 7 nitrogen and oxygen atoms in total. The van der Waals surface area contributed by atoms with Gasteiger partial charge in [-0.1, -0.05) is 4.49 Å². The van der Waals surface area contributed by atoms with Gasteiger partial charge >= 0.3 is 0 Å². The summed E-state index contributed by atoms with van der Waals surface area (Å²) in [5.41, 5.74) is 0.754. The van der Waals surface area contributed by atoms with Crippen LogP contribution in [0.3, 0.4) is 0 Å². The van der Waals surface area contributed by atoms with Gasteiger partial charge in [0.1, 0.15) is 5.69 Å². The molecule has 1 aliphatic heterocycles. The van der Waals surface area contributed by atoms with Crippen molar-refractivity contribution < 1.29 is 0 Å². The van der Waals surface area contributed by atoms with Gasteiger partial charge in [-0.15, -0.1) is 10.2 Å². The van der Waals surface area contributed by atoms with Crippen LogP contribution in [-0.2, 0) is 0 Å². The number of hydrogen-bond donors (Lipinski definition) is 2. The molecule has 2 aromatic heterocycles. The predicted molar refractivity (Wildman–Crippen MR) is 69.6 cm³/mol. The second-order valence-electron chi connectivity index (χ2n) is 4.32. The molecule has 0 unspecified atom stereocenters. The Labute approximate surface area is 109 Å². The van der Waals surface area contributed by atoms with Crippen LogP contribution in [0.4, 0.5) is 5.95 Å². The van der Waals surface area contributed by atoms with E-state index in [4.69, 9.17) is 0 Å². The molecule has 0 saturated carbocycles. The van der Waals surface area contributed by atoms with Crippen LogP contribution < -0.4 is 10.2 Å². The van der Waals surface area contributed by atoms with Crippen LogP contribution in [0, 0.1) is 0 Å². The Balaban J connectivity index is 1.71. The summed E-state index contributed by atoms with van der Waals surface area (Å²) < 4.78 is 3.82. The first kappa shape index (κ1) is 11.5. The monoisotopic (exact) mass is 265 g/mol. The molecule has 18 heavy (non-hydrogen) atoms. The summed E-state index contributed by atoms with van der Waals surface area (Å²) in [6.45, 7) is 1.97. The predicted octanol–water partition coefficient (Wildman–Crippen LogP) is 0.511. The minimum absolute atomic E-state index is 0.613. The number of nitrogens with zero attached hydrogens (tertiary/aromatic N) is 5. The lowest BCUT2D eigenvalue weighted by Crippen LogP contribution is -2.41. The zero-order valence-electron chi connectivity index (χ0n) is 10.1. The molecule has 3 rings (SSSR count). The summed E-state index contributed by atoms with van der Waals surface area (Å²) in [5.74, 6) is 1.45. The third-order valence-corrected chi connectivity index (χ3v) is 3.77. The van der Waals surface area contributed by atoms with Crippen LogP contribution in [0.15, 0.2) is 5.38 Å². The summed E-state index contributed by atoms with van der Waals surface area (Å²) >= 11 is 1.31. The number of aromatic nitrogens is 5. The van der Waals surface area contributed by atoms with Crippen molar-refractivity contribution in [2.45, 2.75) is 18.9 Å². The fourth-order valence-corrected chi connectivity index (χ4v) is 2.59. The number of rotatable bonds is 3. The van der Waals surface area contributed by atoms with Crippen molar-refractivity contribution in [1.29, 1.82) is 0 Å². The summed E-state index contributed by atoms with van der Waals surface area (Å²) in [6, 6.07) is 0.613. The van der Waals surface area contributed by atoms with Crippen LogP contribution in [0.2, 0.25) is 0 Å². The summed E-state index contributed by atoms with van der Waals surface area (Å²) in [7, 11) is 2.01. The molecule has 3 heterocycles. The lowest BCUT2D eigenvalue weighted by atomic mass is 10.1. The van der Waals surface area contributed by atoms with Gasteiger partial charge in [0.05, 0.1) is 0 Å². The van der Waals surface area contributed by atoms with Gasteiger partial charge in [-0.05, 0) is 31.4 Å². The summed E-state index contributed by atoms with van der Waals surface area (Å²) in [5, 5.41) is 16.3. The van der Waals surface area contributed by atoms with E-state index in [1.165, 1.54) is 11.5 Å². The number of aromatic amines is 1. The van der Waals surface area contributed by atoms with Crippen LogP contribution in [0.25, 0.3) is 11.5 Å². The molecule has 1 fully saturated rings. The second kappa shape index (κ2) is 4.99. The van der Waals surface area contributed by atoms with Crippen LogP contribution in [-0.4, -0.2) is 50.9 Å². The van der Waals surface area contributed by atoms with Crippen molar-refractivity contribution in [2.24, 2.45) is 0 Å². The molecular weight excluding hydrogens is 250 g/mol. The highest BCUT2D eigenvalue weighted by atomic mass is 32.1. The second-order valence-corrected chi connectivity index (χ2v) is 4.93. The van der Waals surface area contributed by atoms with Gasteiger partial charge in [-0.3, -0.25) is 5.10 Å². The normalized spacial score (nSPS) is 17.3. The van der Waals surface area contributed by atoms with Gasteiger partial charge in [-0.25, -0.2) is 0 Å². The molecule has 0 radical (unpaired) electrons. The van der Waals surface area contributed by atoms with E-state index < -0.39 is 0 Å². The molecule has 96 valence electrons. The Morgan fingerprint density at radius 1 is 1.44 bits per heavy atom. The number of H-pyrrole nitrogens is 1. The average molecular weight is 265 g/mol. The Bertz CT molecular complexity index is 486. The van der Waals surface area contributed by atoms with Crippen molar-refractivity contribution >= 4 is 17.5 Å². The van der Waals surface area contributed by atoms with E-state index in [1.807, 2.05) is 12.4 Å². The molecule has 0 amide bonds. The highest BCUT2D eigenvalue weighted by molar-refractivity contribution is 7.03. The number of nitrogens with one attached hydrogen (secondary N) is 2. The average Bonchev–Trinajstić information content (AvgIpc) is 3.09. The lowest BCUT2D eigenvalue weighted by Gasteiger charge is -2.30. The number of piperidine rings is 1. The van der Waals surface area contributed by atoms with E-state index in [-0.39, 0.29) is 0 Å². The van der Waals surface area contributed by atoms with Gasteiger partial charge in [0, 0.05) is 24.5 Å². The highest BCUT2D eigenvalue weighted by Gasteiger charge is 2.21. The van der Waals surface area contributed by atoms with E-state index in [2.05, 4.69) is 35.0 Å². The van der Waals surface area contributed by atoms with Crippen LogP contribution in [0.1, 0.15) is 12.8 Å². The molecule has 0 aromatic carbocycles. The Kier molecular flexibility index (Phi) is 3.20. The highest BCUT2D eigenvalue weighted by Crippen LogP contribution is 2.19. The molecule has 8 heteroatoms. The van der Waals surface area contributed by atoms with Gasteiger partial charge in [0.15, 0.2) is 5.82 Å². The Morgan fingerprint density at radius 2 is 2.28 bits per heavy atom. The minimum Gasteiger partial charge on any atom is -0.339 e. The van der Waals surface area contributed by atoms with Crippen LogP contribution >= 0.6 is 11.5 Å². The number of hydrogen-bond acceptors (Lipinski definition) is 7.